The van der Waals surface area contributed by atoms with Crippen molar-refractivity contribution in [2.24, 2.45) is 0 Å². The predicted octanol–water partition coefficient (Wildman–Crippen LogP) is 0.756. The lowest BCUT2D eigenvalue weighted by molar-refractivity contribution is -0.113. The molecule has 0 aliphatic heterocycles. The van der Waals surface area contributed by atoms with Crippen LogP contribution >= 0.6 is 23.1 Å². The number of carbonyl (C=O) groups excluding carboxylic acids is 2. The number of nitrogens with one attached hydrogen (secondary N) is 2. The van der Waals surface area contributed by atoms with E-state index in [2.05, 4.69) is 30.2 Å². The van der Waals surface area contributed by atoms with Gasteiger partial charge in [0.1, 0.15) is 10.6 Å². The fraction of sp³-hybridized carbons (Fsp3) is 0.333. The molecule has 0 atom stereocenters. The first kappa shape index (κ1) is 17.1. The van der Waals surface area contributed by atoms with Gasteiger partial charge in [0.15, 0.2) is 10.3 Å². The van der Waals surface area contributed by atoms with E-state index >= 15 is 0 Å². The number of thioether (sulfide) groups is 1. The Bertz CT molecular complexity index is 801. The maximum absolute atomic E-state index is 11.9. The molecule has 11 heteroatoms. The van der Waals surface area contributed by atoms with Crippen molar-refractivity contribution in [3.05, 3.63) is 26.6 Å². The number of nitrogens with zero attached hydrogens (tertiary/aromatic N) is 3. The molecule has 23 heavy (non-hydrogen) atoms. The molecule has 2 aromatic rings. The molecule has 2 heterocycles. The largest absolute Gasteiger partial charge is 0.465 e. The fourth-order valence-electron chi connectivity index (χ4n) is 1.46. The molecule has 122 valence electrons. The smallest absolute Gasteiger partial charge is 0.350 e. The van der Waals surface area contributed by atoms with Gasteiger partial charge in [0, 0.05) is 0 Å². The second-order valence-corrected chi connectivity index (χ2v) is 6.27. The van der Waals surface area contributed by atoms with Crippen molar-refractivity contribution < 1.29 is 14.3 Å². The van der Waals surface area contributed by atoms with Crippen molar-refractivity contribution in [2.75, 3.05) is 18.2 Å². The highest BCUT2D eigenvalue weighted by atomic mass is 32.2. The van der Waals surface area contributed by atoms with Crippen LogP contribution in [0.3, 0.4) is 0 Å². The Morgan fingerprint density at radius 2 is 2.04 bits per heavy atom. The standard InChI is InChI=1S/C12H13N5O4S2/c1-5-8(10(20)21-3)23-11(13-5)14-7(18)4-22-12-15-9(19)6(2)16-17-12/h4H2,1-3H3,(H,13,14,18)(H,15,17,19). The fourth-order valence-corrected chi connectivity index (χ4v) is 2.97. The van der Waals surface area contributed by atoms with Gasteiger partial charge in [-0.3, -0.25) is 14.6 Å². The van der Waals surface area contributed by atoms with Gasteiger partial charge < -0.3 is 10.1 Å². The predicted molar refractivity (Wildman–Crippen MR) is 84.9 cm³/mol. The zero-order valence-electron chi connectivity index (χ0n) is 12.5. The van der Waals surface area contributed by atoms with E-state index in [1.54, 1.807) is 6.92 Å². The summed E-state index contributed by atoms with van der Waals surface area (Å²) in [5.74, 6) is -0.828. The van der Waals surface area contributed by atoms with Crippen molar-refractivity contribution in [1.29, 1.82) is 0 Å². The number of ether oxygens (including phenoxy) is 1. The Kier molecular flexibility index (Phi) is 5.45. The minimum atomic E-state index is -0.498. The second kappa shape index (κ2) is 7.33. The van der Waals surface area contributed by atoms with Gasteiger partial charge in [0.05, 0.1) is 18.6 Å². The van der Waals surface area contributed by atoms with Crippen LogP contribution in [0.25, 0.3) is 0 Å². The number of amides is 1. The first-order valence-electron chi connectivity index (χ1n) is 6.32. The van der Waals surface area contributed by atoms with E-state index in [9.17, 15) is 14.4 Å². The first-order chi connectivity index (χ1) is 10.9. The molecule has 0 spiro atoms. The Morgan fingerprint density at radius 1 is 1.30 bits per heavy atom. The summed E-state index contributed by atoms with van der Waals surface area (Å²) in [6.45, 7) is 3.19. The number of aryl methyl sites for hydroxylation is 2. The topological polar surface area (TPSA) is 127 Å². The number of hydrogen-bond donors (Lipinski definition) is 2. The van der Waals surface area contributed by atoms with Crippen LogP contribution in [-0.4, -0.2) is 44.9 Å². The summed E-state index contributed by atoms with van der Waals surface area (Å²) in [4.78, 5) is 41.7. The number of thiazole rings is 1. The molecule has 2 N–H and O–H groups in total. The Balaban J connectivity index is 1.96. The molecule has 0 unspecified atom stereocenters. The minimum absolute atomic E-state index is 0.0138. The molecule has 0 aliphatic carbocycles. The Hall–Kier alpha value is -2.27. The summed E-state index contributed by atoms with van der Waals surface area (Å²) in [7, 11) is 1.28. The average Bonchev–Trinajstić information content (AvgIpc) is 2.88. The van der Waals surface area contributed by atoms with E-state index < -0.39 is 5.97 Å². The van der Waals surface area contributed by atoms with Gasteiger partial charge in [-0.25, -0.2) is 9.78 Å². The van der Waals surface area contributed by atoms with E-state index in [4.69, 9.17) is 0 Å². The lowest BCUT2D eigenvalue weighted by Gasteiger charge is -2.01. The number of hydrogen-bond acceptors (Lipinski definition) is 9. The normalized spacial score (nSPS) is 10.4. The molecular weight excluding hydrogens is 342 g/mol. The van der Waals surface area contributed by atoms with Crippen LogP contribution in [0.1, 0.15) is 21.1 Å². The molecule has 1 amide bonds. The highest BCUT2D eigenvalue weighted by Crippen LogP contribution is 2.23. The number of H-pyrrole nitrogens is 1. The number of aromatic nitrogens is 4. The van der Waals surface area contributed by atoms with Crippen molar-refractivity contribution in [1.82, 2.24) is 20.2 Å². The molecule has 0 fully saturated rings. The SMILES string of the molecule is COC(=O)c1sc(NC(=O)CSc2nnc(C)c(=O)[nH]2)nc1C. The maximum Gasteiger partial charge on any atom is 0.350 e. The average molecular weight is 355 g/mol. The highest BCUT2D eigenvalue weighted by molar-refractivity contribution is 7.99. The van der Waals surface area contributed by atoms with Crippen LogP contribution in [-0.2, 0) is 9.53 Å². The van der Waals surface area contributed by atoms with Crippen LogP contribution in [0.5, 0.6) is 0 Å². The van der Waals surface area contributed by atoms with Crippen LogP contribution in [0.4, 0.5) is 5.13 Å². The van der Waals surface area contributed by atoms with Crippen LogP contribution in [0.2, 0.25) is 0 Å². The lowest BCUT2D eigenvalue weighted by Crippen LogP contribution is -2.17. The maximum atomic E-state index is 11.9. The van der Waals surface area contributed by atoms with E-state index in [1.165, 1.54) is 14.0 Å². The number of anilines is 1. The van der Waals surface area contributed by atoms with Gasteiger partial charge in [-0.15, -0.1) is 10.2 Å². The quantitative estimate of drug-likeness (QED) is 0.594. The second-order valence-electron chi connectivity index (χ2n) is 4.31. The first-order valence-corrected chi connectivity index (χ1v) is 8.13. The highest BCUT2D eigenvalue weighted by Gasteiger charge is 2.17. The number of methoxy groups -OCH3 is 1. The molecule has 0 aliphatic rings. The molecule has 0 saturated heterocycles. The number of aromatic amines is 1. The Morgan fingerprint density at radius 3 is 2.70 bits per heavy atom. The van der Waals surface area contributed by atoms with Gasteiger partial charge in [-0.2, -0.15) is 0 Å². The summed E-state index contributed by atoms with van der Waals surface area (Å²) in [5, 5.41) is 10.6. The number of esters is 1. The van der Waals surface area contributed by atoms with Crippen LogP contribution < -0.4 is 10.9 Å². The molecule has 2 aromatic heterocycles. The Labute approximate surface area is 138 Å². The molecule has 0 aromatic carbocycles. The molecular formula is C12H13N5O4S2. The summed E-state index contributed by atoms with van der Waals surface area (Å²) >= 11 is 2.07. The monoisotopic (exact) mass is 355 g/mol. The summed E-state index contributed by atoms with van der Waals surface area (Å²) < 4.78 is 4.63. The summed E-state index contributed by atoms with van der Waals surface area (Å²) in [5.41, 5.74) is 0.395. The number of carbonyl (C=O) groups is 2. The zero-order valence-corrected chi connectivity index (χ0v) is 14.1. The van der Waals surface area contributed by atoms with Crippen molar-refractivity contribution >= 4 is 40.1 Å². The third-order valence-corrected chi connectivity index (χ3v) is 4.51. The van der Waals surface area contributed by atoms with E-state index in [1.807, 2.05) is 0 Å². The zero-order chi connectivity index (χ0) is 17.0. The third kappa shape index (κ3) is 4.36. The van der Waals surface area contributed by atoms with Gasteiger partial charge >= 0.3 is 5.97 Å². The third-order valence-electron chi connectivity index (χ3n) is 2.59. The number of rotatable bonds is 5. The van der Waals surface area contributed by atoms with Crippen LogP contribution in [0.15, 0.2) is 9.95 Å². The molecule has 2 rings (SSSR count). The van der Waals surface area contributed by atoms with Gasteiger partial charge in [0.2, 0.25) is 5.91 Å². The van der Waals surface area contributed by atoms with Crippen molar-refractivity contribution in [2.45, 2.75) is 19.0 Å². The molecule has 9 nitrogen and oxygen atoms in total. The van der Waals surface area contributed by atoms with Gasteiger partial charge in [-0.1, -0.05) is 23.1 Å². The van der Waals surface area contributed by atoms with Gasteiger partial charge in [0.25, 0.3) is 5.56 Å². The van der Waals surface area contributed by atoms with E-state index in [0.29, 0.717) is 15.7 Å². The summed E-state index contributed by atoms with van der Waals surface area (Å²) in [6.07, 6.45) is 0. The van der Waals surface area contributed by atoms with E-state index in [0.717, 1.165) is 23.1 Å². The summed E-state index contributed by atoms with van der Waals surface area (Å²) in [6, 6.07) is 0. The van der Waals surface area contributed by atoms with Crippen molar-refractivity contribution in [3.63, 3.8) is 0 Å². The molecule has 0 radical (unpaired) electrons. The molecule has 0 saturated carbocycles. The molecule has 0 bridgehead atoms. The van der Waals surface area contributed by atoms with Crippen molar-refractivity contribution in [3.8, 4) is 0 Å². The van der Waals surface area contributed by atoms with E-state index in [-0.39, 0.29) is 28.1 Å². The lowest BCUT2D eigenvalue weighted by atomic mass is 10.4. The van der Waals surface area contributed by atoms with Gasteiger partial charge in [-0.05, 0) is 13.8 Å². The van der Waals surface area contributed by atoms with Crippen LogP contribution in [0, 0.1) is 13.8 Å². The minimum Gasteiger partial charge on any atom is -0.465 e.